The van der Waals surface area contributed by atoms with Crippen LogP contribution in [0, 0.1) is 0 Å². The van der Waals surface area contributed by atoms with E-state index in [1.54, 1.807) is 0 Å². The fourth-order valence-electron chi connectivity index (χ4n) is 0.730. The van der Waals surface area contributed by atoms with Gasteiger partial charge in [0, 0.05) is 0 Å². The summed E-state index contributed by atoms with van der Waals surface area (Å²) < 4.78 is 0. The highest BCUT2D eigenvalue weighted by Gasteiger charge is 1.96. The van der Waals surface area contributed by atoms with Crippen LogP contribution < -0.4 is 0 Å². The van der Waals surface area contributed by atoms with Crippen molar-refractivity contribution in [2.75, 3.05) is 0 Å². The molecule has 0 saturated heterocycles. The van der Waals surface area contributed by atoms with Gasteiger partial charge in [-0.25, -0.2) is 0 Å². The lowest BCUT2D eigenvalue weighted by atomic mass is 10.2. The normalized spacial score (nSPS) is 27.9. The van der Waals surface area contributed by atoms with E-state index in [1.165, 1.54) is 0 Å². The van der Waals surface area contributed by atoms with E-state index in [9.17, 15) is 0 Å². The molecule has 0 aromatic carbocycles. The molecule has 0 radical (unpaired) electrons. The first-order valence-electron chi connectivity index (χ1n) is 2.91. The number of hydrogen-bond donors (Lipinski definition) is 1. The van der Waals surface area contributed by atoms with Gasteiger partial charge in [0.05, 0.1) is 6.10 Å². The van der Waals surface area contributed by atoms with Crippen LogP contribution in [0.3, 0.4) is 0 Å². The molecule has 0 aromatic heterocycles. The fourth-order valence-corrected chi connectivity index (χ4v) is 0.730. The lowest BCUT2D eigenvalue weighted by Gasteiger charge is -1.97. The Hall–Kier alpha value is -0.560. The predicted molar refractivity (Wildman–Crippen MR) is 33.5 cm³/mol. The van der Waals surface area contributed by atoms with Crippen molar-refractivity contribution in [2.45, 2.75) is 18.9 Å². The third-order valence-corrected chi connectivity index (χ3v) is 1.21. The molecule has 0 bridgehead atoms. The molecular weight excluding hydrogens is 100 g/mol. The Morgan fingerprint density at radius 3 is 3.12 bits per heavy atom. The van der Waals surface area contributed by atoms with E-state index in [2.05, 4.69) is 6.08 Å². The molecule has 0 spiro atoms. The summed E-state index contributed by atoms with van der Waals surface area (Å²) in [6.45, 7) is 0. The molecule has 0 aromatic rings. The molecule has 0 aliphatic heterocycles. The molecule has 1 nitrogen and oxygen atoms in total. The lowest BCUT2D eigenvalue weighted by Crippen LogP contribution is -1.98. The van der Waals surface area contributed by atoms with E-state index in [0.717, 1.165) is 12.8 Å². The van der Waals surface area contributed by atoms with Crippen LogP contribution >= 0.6 is 0 Å². The lowest BCUT2D eigenvalue weighted by molar-refractivity contribution is 0.215. The van der Waals surface area contributed by atoms with Gasteiger partial charge >= 0.3 is 0 Å². The van der Waals surface area contributed by atoms with Crippen molar-refractivity contribution >= 4 is 0 Å². The van der Waals surface area contributed by atoms with Gasteiger partial charge in [0.15, 0.2) is 0 Å². The Balaban J connectivity index is 2.46. The van der Waals surface area contributed by atoms with Crippen LogP contribution in [0.2, 0.25) is 0 Å². The van der Waals surface area contributed by atoms with Crippen LogP contribution in [-0.4, -0.2) is 11.2 Å². The summed E-state index contributed by atoms with van der Waals surface area (Å²) in [6, 6.07) is 0. The van der Waals surface area contributed by atoms with Gasteiger partial charge < -0.3 is 5.11 Å². The van der Waals surface area contributed by atoms with E-state index in [1.807, 2.05) is 18.2 Å². The second-order valence-corrected chi connectivity index (χ2v) is 1.96. The summed E-state index contributed by atoms with van der Waals surface area (Å²) in [6.07, 6.45) is 9.37. The molecule has 0 fully saturated rings. The number of aliphatic hydroxyl groups is 1. The van der Waals surface area contributed by atoms with Crippen molar-refractivity contribution in [3.63, 3.8) is 0 Å². The summed E-state index contributed by atoms with van der Waals surface area (Å²) in [4.78, 5) is 0. The van der Waals surface area contributed by atoms with E-state index >= 15 is 0 Å². The Morgan fingerprint density at radius 2 is 2.25 bits per heavy atom. The molecule has 8 heavy (non-hydrogen) atoms. The zero-order valence-corrected chi connectivity index (χ0v) is 4.75. The molecule has 0 heterocycles. The highest BCUT2D eigenvalue weighted by atomic mass is 16.3. The van der Waals surface area contributed by atoms with Gasteiger partial charge in [-0.3, -0.25) is 0 Å². The molecular formula is C7H10O. The minimum absolute atomic E-state index is 0.218. The summed E-state index contributed by atoms with van der Waals surface area (Å²) >= 11 is 0. The van der Waals surface area contributed by atoms with E-state index < -0.39 is 0 Å². The molecule has 1 rings (SSSR count). The van der Waals surface area contributed by atoms with Crippen molar-refractivity contribution in [1.82, 2.24) is 0 Å². The highest BCUT2D eigenvalue weighted by molar-refractivity contribution is 5.07. The van der Waals surface area contributed by atoms with Crippen LogP contribution in [-0.2, 0) is 0 Å². The summed E-state index contributed by atoms with van der Waals surface area (Å²) in [7, 11) is 0. The third kappa shape index (κ3) is 1.51. The van der Waals surface area contributed by atoms with Crippen LogP contribution in [0.4, 0.5) is 0 Å². The Labute approximate surface area is 49.3 Å². The van der Waals surface area contributed by atoms with Crippen molar-refractivity contribution in [3.05, 3.63) is 24.3 Å². The number of hydrogen-bond acceptors (Lipinski definition) is 1. The van der Waals surface area contributed by atoms with E-state index in [4.69, 9.17) is 5.11 Å². The number of allylic oxidation sites excluding steroid dienone is 3. The average Bonchev–Trinajstić information content (AvgIpc) is 1.94. The van der Waals surface area contributed by atoms with Crippen molar-refractivity contribution in [3.8, 4) is 0 Å². The van der Waals surface area contributed by atoms with Gasteiger partial charge in [-0.15, -0.1) is 0 Å². The first-order chi connectivity index (χ1) is 3.89. The topological polar surface area (TPSA) is 20.2 Å². The largest absolute Gasteiger partial charge is 0.389 e. The van der Waals surface area contributed by atoms with Gasteiger partial charge in [-0.2, -0.15) is 0 Å². The van der Waals surface area contributed by atoms with Crippen LogP contribution in [0.25, 0.3) is 0 Å². The average molecular weight is 110 g/mol. The number of rotatable bonds is 0. The molecule has 0 saturated carbocycles. The molecule has 1 N–H and O–H groups in total. The first-order valence-corrected chi connectivity index (χ1v) is 2.91. The zero-order chi connectivity index (χ0) is 5.82. The monoisotopic (exact) mass is 110 g/mol. The SMILES string of the molecule is OC1C=CC=CCC1. The highest BCUT2D eigenvalue weighted by Crippen LogP contribution is 2.03. The van der Waals surface area contributed by atoms with Gasteiger partial charge in [-0.05, 0) is 12.8 Å². The van der Waals surface area contributed by atoms with Crippen molar-refractivity contribution in [1.29, 1.82) is 0 Å². The molecule has 44 valence electrons. The Kier molecular flexibility index (Phi) is 1.86. The minimum atomic E-state index is -0.218. The molecule has 1 aliphatic carbocycles. The second kappa shape index (κ2) is 2.68. The first kappa shape index (κ1) is 5.57. The summed E-state index contributed by atoms with van der Waals surface area (Å²) in [5.74, 6) is 0. The van der Waals surface area contributed by atoms with E-state index in [-0.39, 0.29) is 6.10 Å². The second-order valence-electron chi connectivity index (χ2n) is 1.96. The Morgan fingerprint density at radius 1 is 1.38 bits per heavy atom. The van der Waals surface area contributed by atoms with Crippen LogP contribution in [0.1, 0.15) is 12.8 Å². The fraction of sp³-hybridized carbons (Fsp3) is 0.429. The quantitative estimate of drug-likeness (QED) is 0.497. The van der Waals surface area contributed by atoms with Crippen molar-refractivity contribution < 1.29 is 5.11 Å². The molecule has 1 atom stereocenters. The van der Waals surface area contributed by atoms with Gasteiger partial charge in [0.1, 0.15) is 0 Å². The van der Waals surface area contributed by atoms with Crippen molar-refractivity contribution in [2.24, 2.45) is 0 Å². The Bertz CT molecular complexity index is 114. The number of aliphatic hydroxyl groups excluding tert-OH is 1. The van der Waals surface area contributed by atoms with Crippen LogP contribution in [0.15, 0.2) is 24.3 Å². The maximum Gasteiger partial charge on any atom is 0.0726 e. The van der Waals surface area contributed by atoms with Crippen LogP contribution in [0.5, 0.6) is 0 Å². The maximum absolute atomic E-state index is 8.96. The van der Waals surface area contributed by atoms with Gasteiger partial charge in [0.25, 0.3) is 0 Å². The third-order valence-electron chi connectivity index (χ3n) is 1.21. The zero-order valence-electron chi connectivity index (χ0n) is 4.75. The predicted octanol–water partition coefficient (Wildman–Crippen LogP) is 1.25. The summed E-state index contributed by atoms with van der Waals surface area (Å²) in [5.41, 5.74) is 0. The molecule has 1 unspecified atom stereocenters. The van der Waals surface area contributed by atoms with Gasteiger partial charge in [0.2, 0.25) is 0 Å². The standard InChI is InChI=1S/C7H10O/c8-7-5-3-1-2-4-6-7/h1-3,5,7-8H,4,6H2. The summed E-state index contributed by atoms with van der Waals surface area (Å²) in [5, 5.41) is 8.96. The van der Waals surface area contributed by atoms with E-state index in [0.29, 0.717) is 0 Å². The smallest absolute Gasteiger partial charge is 0.0726 e. The molecule has 0 amide bonds. The molecule has 1 heteroatoms. The van der Waals surface area contributed by atoms with Gasteiger partial charge in [-0.1, -0.05) is 24.3 Å². The minimum Gasteiger partial charge on any atom is -0.389 e. The molecule has 1 aliphatic rings. The maximum atomic E-state index is 8.96.